The molecule has 0 aliphatic carbocycles. The fourth-order valence-electron chi connectivity index (χ4n) is 3.57. The molecule has 0 aliphatic heterocycles. The Morgan fingerprint density at radius 3 is 2.17 bits per heavy atom. The van der Waals surface area contributed by atoms with Crippen LogP contribution >= 0.6 is 15.9 Å². The topological polar surface area (TPSA) is 60.5 Å². The molecule has 0 bridgehead atoms. The van der Waals surface area contributed by atoms with E-state index < -0.39 is 26.1 Å². The van der Waals surface area contributed by atoms with E-state index in [9.17, 15) is 4.79 Å². The highest BCUT2D eigenvalue weighted by molar-refractivity contribution is 9.10. The summed E-state index contributed by atoms with van der Waals surface area (Å²) in [6, 6.07) is 21.6. The Morgan fingerprint density at radius 1 is 1.00 bits per heavy atom. The zero-order valence-corrected chi connectivity index (χ0v) is 23.9. The summed E-state index contributed by atoms with van der Waals surface area (Å²) < 4.78 is 13.5. The SMILES string of the molecule is CC(C)(C)[Si](C)(C)OC(c1ccccc1)[C@](C)(NC(=O)OCc1ccccc1)c1cncc(Br)c1. The molecule has 0 fully saturated rings. The van der Waals surface area contributed by atoms with Gasteiger partial charge in [-0.25, -0.2) is 4.79 Å². The number of carbonyl (C=O) groups excluding carboxylic acids is 1. The summed E-state index contributed by atoms with van der Waals surface area (Å²) in [6.45, 7) is 13.2. The molecule has 2 aromatic carbocycles. The summed E-state index contributed by atoms with van der Waals surface area (Å²) in [5, 5.41) is 3.13. The van der Waals surface area contributed by atoms with Crippen molar-refractivity contribution in [1.29, 1.82) is 0 Å². The van der Waals surface area contributed by atoms with Gasteiger partial charge in [0.15, 0.2) is 8.32 Å². The number of benzene rings is 2. The van der Waals surface area contributed by atoms with Gasteiger partial charge in [-0.2, -0.15) is 0 Å². The van der Waals surface area contributed by atoms with Crippen LogP contribution in [-0.4, -0.2) is 19.4 Å². The molecule has 1 N–H and O–H groups in total. The molecule has 35 heavy (non-hydrogen) atoms. The van der Waals surface area contributed by atoms with E-state index in [2.05, 4.69) is 60.1 Å². The van der Waals surface area contributed by atoms with Crippen molar-refractivity contribution in [3.8, 4) is 0 Å². The van der Waals surface area contributed by atoms with Crippen molar-refractivity contribution < 1.29 is 14.0 Å². The number of rotatable bonds is 8. The van der Waals surface area contributed by atoms with Crippen molar-refractivity contribution in [2.45, 2.75) is 64.1 Å². The molecule has 2 atom stereocenters. The Balaban J connectivity index is 2.04. The second-order valence-corrected chi connectivity index (χ2v) is 16.1. The van der Waals surface area contributed by atoms with Gasteiger partial charge in [0.2, 0.25) is 0 Å². The maximum atomic E-state index is 13.2. The number of hydrogen-bond donors (Lipinski definition) is 1. The van der Waals surface area contributed by atoms with Gasteiger partial charge in [0.1, 0.15) is 6.61 Å². The van der Waals surface area contributed by atoms with Crippen LogP contribution in [0.4, 0.5) is 4.79 Å². The number of nitrogens with zero attached hydrogens (tertiary/aromatic N) is 1. The smallest absolute Gasteiger partial charge is 0.408 e. The van der Waals surface area contributed by atoms with Gasteiger partial charge in [0.05, 0.1) is 11.6 Å². The summed E-state index contributed by atoms with van der Waals surface area (Å²) in [4.78, 5) is 17.6. The molecular formula is C28H35BrN2O3Si. The molecule has 5 nitrogen and oxygen atoms in total. The molecule has 3 rings (SSSR count). The Kier molecular flexibility index (Phi) is 8.57. The van der Waals surface area contributed by atoms with E-state index in [0.717, 1.165) is 21.2 Å². The highest BCUT2D eigenvalue weighted by atomic mass is 79.9. The lowest BCUT2D eigenvalue weighted by atomic mass is 9.83. The number of ether oxygens (including phenoxy) is 1. The predicted octanol–water partition coefficient (Wildman–Crippen LogP) is 7.75. The predicted molar refractivity (Wildman–Crippen MR) is 147 cm³/mol. The maximum absolute atomic E-state index is 13.2. The molecule has 0 saturated carbocycles. The zero-order valence-electron chi connectivity index (χ0n) is 21.3. The van der Waals surface area contributed by atoms with Gasteiger partial charge in [-0.15, -0.1) is 0 Å². The van der Waals surface area contributed by atoms with Crippen LogP contribution < -0.4 is 5.32 Å². The van der Waals surface area contributed by atoms with Gasteiger partial charge in [-0.05, 0) is 63.7 Å². The molecule has 0 radical (unpaired) electrons. The first-order valence-electron chi connectivity index (χ1n) is 11.7. The fraction of sp³-hybridized carbons (Fsp3) is 0.357. The van der Waals surface area contributed by atoms with Crippen molar-refractivity contribution in [3.05, 3.63) is 100 Å². The van der Waals surface area contributed by atoms with Crippen molar-refractivity contribution in [3.63, 3.8) is 0 Å². The monoisotopic (exact) mass is 554 g/mol. The number of aromatic nitrogens is 1. The lowest BCUT2D eigenvalue weighted by Gasteiger charge is -2.46. The van der Waals surface area contributed by atoms with Gasteiger partial charge >= 0.3 is 6.09 Å². The minimum Gasteiger partial charge on any atom is -0.445 e. The summed E-state index contributed by atoms with van der Waals surface area (Å²) >= 11 is 3.54. The first-order chi connectivity index (χ1) is 16.4. The molecule has 0 saturated heterocycles. The molecule has 1 amide bonds. The first-order valence-corrected chi connectivity index (χ1v) is 15.5. The van der Waals surface area contributed by atoms with Crippen molar-refractivity contribution in [2.24, 2.45) is 0 Å². The summed E-state index contributed by atoms with van der Waals surface area (Å²) in [6.07, 6.45) is 2.51. The Bertz CT molecular complexity index is 1120. The zero-order chi connectivity index (χ0) is 25.7. The number of carbonyl (C=O) groups is 1. The molecule has 1 aromatic heterocycles. The highest BCUT2D eigenvalue weighted by Crippen LogP contribution is 2.45. The van der Waals surface area contributed by atoms with Crippen LogP contribution in [0.5, 0.6) is 0 Å². The van der Waals surface area contributed by atoms with Crippen molar-refractivity contribution in [2.75, 3.05) is 0 Å². The summed E-state index contributed by atoms with van der Waals surface area (Å²) in [5.74, 6) is 0. The molecular weight excluding hydrogens is 520 g/mol. The van der Waals surface area contributed by atoms with Gasteiger partial charge in [-0.3, -0.25) is 4.98 Å². The summed E-state index contributed by atoms with van der Waals surface area (Å²) in [7, 11) is -2.25. The van der Waals surface area contributed by atoms with Crippen LogP contribution in [0.1, 0.15) is 50.5 Å². The minimum atomic E-state index is -2.25. The molecule has 0 spiro atoms. The van der Waals surface area contributed by atoms with Crippen molar-refractivity contribution >= 4 is 30.3 Å². The van der Waals surface area contributed by atoms with E-state index in [1.165, 1.54) is 0 Å². The second kappa shape index (κ2) is 11.1. The third-order valence-electron chi connectivity index (χ3n) is 6.72. The van der Waals surface area contributed by atoms with Gasteiger partial charge in [0, 0.05) is 16.9 Å². The summed E-state index contributed by atoms with van der Waals surface area (Å²) in [5.41, 5.74) is 1.76. The normalized spacial score (nSPS) is 14.6. The van der Waals surface area contributed by atoms with Crippen LogP contribution in [0.15, 0.2) is 83.6 Å². The Hall–Kier alpha value is -2.48. The third kappa shape index (κ3) is 6.81. The number of amides is 1. The minimum absolute atomic E-state index is 0.0235. The number of nitrogens with one attached hydrogen (secondary N) is 1. The van der Waals surface area contributed by atoms with Crippen LogP contribution in [-0.2, 0) is 21.3 Å². The first kappa shape index (κ1) is 27.1. The van der Waals surface area contributed by atoms with E-state index >= 15 is 0 Å². The largest absolute Gasteiger partial charge is 0.445 e. The molecule has 1 heterocycles. The molecule has 7 heteroatoms. The third-order valence-corrected chi connectivity index (χ3v) is 11.6. The lowest BCUT2D eigenvalue weighted by molar-refractivity contribution is 0.0633. The van der Waals surface area contributed by atoms with Crippen molar-refractivity contribution in [1.82, 2.24) is 10.3 Å². The van der Waals surface area contributed by atoms with Crippen LogP contribution in [0.25, 0.3) is 0 Å². The number of halogens is 1. The Labute approximate surface area is 218 Å². The van der Waals surface area contributed by atoms with Gasteiger partial charge in [-0.1, -0.05) is 81.4 Å². The highest BCUT2D eigenvalue weighted by Gasteiger charge is 2.47. The van der Waals surface area contributed by atoms with Gasteiger partial charge in [0.25, 0.3) is 0 Å². The molecule has 0 aliphatic rings. The molecule has 3 aromatic rings. The quantitative estimate of drug-likeness (QED) is 0.289. The van der Waals surface area contributed by atoms with Crippen LogP contribution in [0, 0.1) is 0 Å². The average Bonchev–Trinajstić information content (AvgIpc) is 2.81. The molecule has 1 unspecified atom stereocenters. The van der Waals surface area contributed by atoms with E-state index in [1.807, 2.05) is 73.7 Å². The van der Waals surface area contributed by atoms with Crippen LogP contribution in [0.3, 0.4) is 0 Å². The maximum Gasteiger partial charge on any atom is 0.408 e. The van der Waals surface area contributed by atoms with Gasteiger partial charge < -0.3 is 14.5 Å². The van der Waals surface area contributed by atoms with E-state index in [-0.39, 0.29) is 11.6 Å². The number of pyridine rings is 1. The fourth-order valence-corrected chi connectivity index (χ4v) is 5.25. The van der Waals surface area contributed by atoms with E-state index in [4.69, 9.17) is 9.16 Å². The van der Waals surface area contributed by atoms with Crippen LogP contribution in [0.2, 0.25) is 18.1 Å². The second-order valence-electron chi connectivity index (χ2n) is 10.4. The number of alkyl carbamates (subject to hydrolysis) is 1. The van der Waals surface area contributed by atoms with E-state index in [0.29, 0.717) is 0 Å². The average molecular weight is 556 g/mol. The lowest BCUT2D eigenvalue weighted by Crippen LogP contribution is -2.53. The standard InChI is InChI=1S/C28H35BrN2O3Si/c1-27(2,3)35(5,6)34-25(22-15-11-8-12-16-22)28(4,23-17-24(29)19-30-18-23)31-26(32)33-20-21-13-9-7-10-14-21/h7-19,25H,20H2,1-6H3,(H,31,32)/t25?,28-/m1/s1. The molecule has 186 valence electrons. The van der Waals surface area contributed by atoms with E-state index in [1.54, 1.807) is 12.4 Å². The number of hydrogen-bond acceptors (Lipinski definition) is 4. The Morgan fingerprint density at radius 2 is 1.60 bits per heavy atom.